The van der Waals surface area contributed by atoms with Gasteiger partial charge < -0.3 is 16.0 Å². The zero-order chi connectivity index (χ0) is 12.8. The predicted octanol–water partition coefficient (Wildman–Crippen LogP) is 0.605. The van der Waals surface area contributed by atoms with E-state index >= 15 is 0 Å². The van der Waals surface area contributed by atoms with Crippen molar-refractivity contribution in [1.29, 1.82) is 0 Å². The van der Waals surface area contributed by atoms with Crippen LogP contribution in [0.25, 0.3) is 0 Å². The van der Waals surface area contributed by atoms with Crippen LogP contribution in [-0.4, -0.2) is 61.1 Å². The van der Waals surface area contributed by atoms with E-state index in [-0.39, 0.29) is 6.03 Å². The number of carbonyl (C=O) groups excluding carboxylic acids is 1. The van der Waals surface area contributed by atoms with Crippen LogP contribution in [0.3, 0.4) is 0 Å². The lowest BCUT2D eigenvalue weighted by molar-refractivity contribution is 0.133. The molecular weight excluding hydrogens is 228 g/mol. The van der Waals surface area contributed by atoms with Crippen LogP contribution in [0.4, 0.5) is 4.79 Å². The Balaban J connectivity index is 1.61. The second-order valence-electron chi connectivity index (χ2n) is 5.40. The summed E-state index contributed by atoms with van der Waals surface area (Å²) in [5.74, 6) is 0. The number of hydrogen-bond donors (Lipinski definition) is 2. The smallest absolute Gasteiger partial charge is 0.317 e. The van der Waals surface area contributed by atoms with E-state index in [1.54, 1.807) is 0 Å². The monoisotopic (exact) mass is 254 g/mol. The van der Waals surface area contributed by atoms with Gasteiger partial charge in [0.2, 0.25) is 0 Å². The molecule has 3 N–H and O–H groups in total. The molecule has 0 atom stereocenters. The molecule has 0 aromatic carbocycles. The highest BCUT2D eigenvalue weighted by Gasteiger charge is 2.25. The van der Waals surface area contributed by atoms with E-state index in [2.05, 4.69) is 10.2 Å². The quantitative estimate of drug-likeness (QED) is 0.707. The van der Waals surface area contributed by atoms with E-state index in [9.17, 15) is 4.79 Å². The van der Waals surface area contributed by atoms with Crippen LogP contribution < -0.4 is 11.1 Å². The number of nitrogens with two attached hydrogens (primary N) is 1. The molecule has 5 nitrogen and oxygen atoms in total. The van der Waals surface area contributed by atoms with Crippen LogP contribution in [0.15, 0.2) is 0 Å². The lowest BCUT2D eigenvalue weighted by Crippen LogP contribution is -2.54. The number of piperazine rings is 1. The SMILES string of the molecule is NCCCCN1CCN(C(=O)NC2CCC2)CC1. The third-order valence-corrected chi connectivity index (χ3v) is 4.02. The molecule has 1 aliphatic heterocycles. The number of nitrogens with zero attached hydrogens (tertiary/aromatic N) is 2. The van der Waals surface area contributed by atoms with E-state index < -0.39 is 0 Å². The van der Waals surface area contributed by atoms with Crippen LogP contribution in [0.2, 0.25) is 0 Å². The highest BCUT2D eigenvalue weighted by molar-refractivity contribution is 5.74. The number of hydrogen-bond acceptors (Lipinski definition) is 3. The standard InChI is InChI=1S/C13H26N4O/c14-6-1-2-7-16-8-10-17(11-9-16)13(18)15-12-4-3-5-12/h12H,1-11,14H2,(H,15,18). The number of nitrogens with one attached hydrogen (secondary N) is 1. The Labute approximate surface area is 110 Å². The van der Waals surface area contributed by atoms with Gasteiger partial charge in [0.1, 0.15) is 0 Å². The number of rotatable bonds is 5. The minimum Gasteiger partial charge on any atom is -0.335 e. The largest absolute Gasteiger partial charge is 0.335 e. The first-order chi connectivity index (χ1) is 8.79. The average molecular weight is 254 g/mol. The Morgan fingerprint density at radius 1 is 1.17 bits per heavy atom. The summed E-state index contributed by atoms with van der Waals surface area (Å²) in [6, 6.07) is 0.585. The van der Waals surface area contributed by atoms with Crippen LogP contribution in [-0.2, 0) is 0 Å². The summed E-state index contributed by atoms with van der Waals surface area (Å²) in [6.07, 6.45) is 5.85. The molecule has 2 amide bonds. The van der Waals surface area contributed by atoms with Gasteiger partial charge in [0.05, 0.1) is 0 Å². The van der Waals surface area contributed by atoms with E-state index in [4.69, 9.17) is 5.73 Å². The van der Waals surface area contributed by atoms with Crippen LogP contribution in [0, 0.1) is 0 Å². The van der Waals surface area contributed by atoms with Gasteiger partial charge in [0.25, 0.3) is 0 Å². The number of carbonyl (C=O) groups is 1. The molecule has 1 aliphatic carbocycles. The Morgan fingerprint density at radius 2 is 1.89 bits per heavy atom. The maximum absolute atomic E-state index is 11.9. The van der Waals surface area contributed by atoms with E-state index in [0.29, 0.717) is 6.04 Å². The molecule has 0 spiro atoms. The maximum Gasteiger partial charge on any atom is 0.317 e. The van der Waals surface area contributed by atoms with Crippen molar-refractivity contribution in [3.63, 3.8) is 0 Å². The third-order valence-electron chi connectivity index (χ3n) is 4.02. The summed E-state index contributed by atoms with van der Waals surface area (Å²) < 4.78 is 0. The van der Waals surface area contributed by atoms with Gasteiger partial charge in [-0.3, -0.25) is 4.90 Å². The zero-order valence-electron chi connectivity index (χ0n) is 11.2. The van der Waals surface area contributed by atoms with Crippen molar-refractivity contribution in [3.05, 3.63) is 0 Å². The molecule has 0 bridgehead atoms. The molecule has 5 heteroatoms. The van der Waals surface area contributed by atoms with Crippen LogP contribution in [0.1, 0.15) is 32.1 Å². The van der Waals surface area contributed by atoms with Gasteiger partial charge >= 0.3 is 6.03 Å². The lowest BCUT2D eigenvalue weighted by Gasteiger charge is -2.36. The predicted molar refractivity (Wildman–Crippen MR) is 72.5 cm³/mol. The van der Waals surface area contributed by atoms with Crippen LogP contribution in [0.5, 0.6) is 0 Å². The minimum absolute atomic E-state index is 0.140. The van der Waals surface area contributed by atoms with Gasteiger partial charge in [-0.1, -0.05) is 0 Å². The van der Waals surface area contributed by atoms with Crippen molar-refractivity contribution in [3.8, 4) is 0 Å². The van der Waals surface area contributed by atoms with Gasteiger partial charge in [0.15, 0.2) is 0 Å². The first kappa shape index (κ1) is 13.6. The third kappa shape index (κ3) is 3.85. The van der Waals surface area contributed by atoms with Crippen LogP contribution >= 0.6 is 0 Å². The molecule has 1 saturated heterocycles. The summed E-state index contributed by atoms with van der Waals surface area (Å²) in [6.45, 7) is 5.63. The molecule has 2 fully saturated rings. The Bertz CT molecular complexity index is 260. The van der Waals surface area contributed by atoms with E-state index in [1.807, 2.05) is 4.90 Å². The summed E-state index contributed by atoms with van der Waals surface area (Å²) >= 11 is 0. The number of urea groups is 1. The maximum atomic E-state index is 11.9. The molecule has 1 saturated carbocycles. The summed E-state index contributed by atoms with van der Waals surface area (Å²) in [7, 11) is 0. The van der Waals surface area contributed by atoms with Gasteiger partial charge in [-0.25, -0.2) is 4.79 Å². The van der Waals surface area contributed by atoms with Crippen molar-refractivity contribution >= 4 is 6.03 Å². The van der Waals surface area contributed by atoms with Crippen molar-refractivity contribution in [2.24, 2.45) is 5.73 Å². The first-order valence-electron chi connectivity index (χ1n) is 7.27. The molecule has 1 heterocycles. The van der Waals surface area contributed by atoms with Gasteiger partial charge in [-0.15, -0.1) is 0 Å². The van der Waals surface area contributed by atoms with Gasteiger partial charge in [-0.2, -0.15) is 0 Å². The molecule has 0 radical (unpaired) electrons. The molecular formula is C13H26N4O. The lowest BCUT2D eigenvalue weighted by atomic mass is 9.93. The topological polar surface area (TPSA) is 61.6 Å². The fourth-order valence-electron chi connectivity index (χ4n) is 2.47. The summed E-state index contributed by atoms with van der Waals surface area (Å²) in [5, 5.41) is 3.11. The first-order valence-corrected chi connectivity index (χ1v) is 7.27. The van der Waals surface area contributed by atoms with Crippen molar-refractivity contribution < 1.29 is 4.79 Å². The molecule has 2 aliphatic rings. The van der Waals surface area contributed by atoms with Gasteiger partial charge in [-0.05, 0) is 45.2 Å². The second kappa shape index (κ2) is 6.95. The minimum atomic E-state index is 0.140. The molecule has 0 aromatic heterocycles. The van der Waals surface area contributed by atoms with Crippen molar-refractivity contribution in [2.75, 3.05) is 39.3 Å². The Hall–Kier alpha value is -0.810. The average Bonchev–Trinajstić information content (AvgIpc) is 2.35. The number of amides is 2. The summed E-state index contributed by atoms with van der Waals surface area (Å²) in [4.78, 5) is 16.3. The molecule has 0 unspecified atom stereocenters. The van der Waals surface area contributed by atoms with Crippen molar-refractivity contribution in [1.82, 2.24) is 15.1 Å². The Kier molecular flexibility index (Phi) is 5.26. The van der Waals surface area contributed by atoms with E-state index in [1.165, 1.54) is 12.8 Å². The summed E-state index contributed by atoms with van der Waals surface area (Å²) in [5.41, 5.74) is 5.49. The van der Waals surface area contributed by atoms with Gasteiger partial charge in [0, 0.05) is 32.2 Å². The highest BCUT2D eigenvalue weighted by Crippen LogP contribution is 2.18. The van der Waals surface area contributed by atoms with Crippen molar-refractivity contribution in [2.45, 2.75) is 38.1 Å². The zero-order valence-corrected chi connectivity index (χ0v) is 11.2. The van der Waals surface area contributed by atoms with E-state index in [0.717, 1.165) is 58.5 Å². The molecule has 0 aromatic rings. The Morgan fingerprint density at radius 3 is 2.44 bits per heavy atom. The molecule has 2 rings (SSSR count). The number of unbranched alkanes of at least 4 members (excludes halogenated alkanes) is 1. The normalized spacial score (nSPS) is 21.7. The second-order valence-corrected chi connectivity index (χ2v) is 5.40. The fourth-order valence-corrected chi connectivity index (χ4v) is 2.47. The highest BCUT2D eigenvalue weighted by atomic mass is 16.2. The molecule has 104 valence electrons. The fraction of sp³-hybridized carbons (Fsp3) is 0.923. The molecule has 18 heavy (non-hydrogen) atoms.